The van der Waals surface area contributed by atoms with Crippen molar-refractivity contribution in [2.24, 2.45) is 0 Å². The Hall–Kier alpha value is -2.15. The van der Waals surface area contributed by atoms with Crippen LogP contribution in [0.3, 0.4) is 0 Å². The van der Waals surface area contributed by atoms with Gasteiger partial charge in [0.05, 0.1) is 11.0 Å². The van der Waals surface area contributed by atoms with Crippen LogP contribution in [0.25, 0.3) is 0 Å². The predicted octanol–water partition coefficient (Wildman–Crippen LogP) is 3.02. The number of esters is 1. The highest BCUT2D eigenvalue weighted by atomic mass is 16.6. The molecule has 1 aliphatic heterocycles. The molecule has 0 amide bonds. The van der Waals surface area contributed by atoms with Gasteiger partial charge in [0.1, 0.15) is 23.5 Å². The van der Waals surface area contributed by atoms with Gasteiger partial charge in [-0.1, -0.05) is 0 Å². The fourth-order valence-corrected chi connectivity index (χ4v) is 2.64. The molecule has 0 aliphatic carbocycles. The molecule has 0 aromatic heterocycles. The third-order valence-corrected chi connectivity index (χ3v) is 3.90. The molecule has 7 heteroatoms. The molecular formula is C17H24N2O5. The number of hydrogen-bond acceptors (Lipinski definition) is 6. The lowest BCUT2D eigenvalue weighted by Gasteiger charge is -2.20. The van der Waals surface area contributed by atoms with E-state index in [4.69, 9.17) is 9.47 Å². The standard InChI is InChI=1S/C17H24N2O5/c1-17(2,3)24-16(20)14-8-7-13(10-15(14)19(21)22)23-11-12-6-5-9-18(12)4/h7-8,10,12H,5-6,9,11H2,1-4H3/t12-/m0/s1. The van der Waals surface area contributed by atoms with Gasteiger partial charge in [0, 0.05) is 6.04 Å². The molecule has 0 spiro atoms. The van der Waals surface area contributed by atoms with Crippen molar-refractivity contribution >= 4 is 11.7 Å². The second kappa shape index (κ2) is 7.17. The Morgan fingerprint density at radius 3 is 2.67 bits per heavy atom. The number of nitrogens with zero attached hydrogens (tertiary/aromatic N) is 2. The molecule has 1 atom stereocenters. The van der Waals surface area contributed by atoms with Crippen molar-refractivity contribution < 1.29 is 19.2 Å². The van der Waals surface area contributed by atoms with Crippen molar-refractivity contribution in [3.8, 4) is 5.75 Å². The summed E-state index contributed by atoms with van der Waals surface area (Å²) in [5.74, 6) is -0.328. The Morgan fingerprint density at radius 2 is 2.12 bits per heavy atom. The monoisotopic (exact) mass is 336 g/mol. The maximum Gasteiger partial charge on any atom is 0.345 e. The Bertz CT molecular complexity index is 624. The van der Waals surface area contributed by atoms with E-state index in [0.29, 0.717) is 18.4 Å². The highest BCUT2D eigenvalue weighted by Gasteiger charge is 2.27. The maximum atomic E-state index is 12.1. The van der Waals surface area contributed by atoms with E-state index in [1.54, 1.807) is 26.8 Å². The van der Waals surface area contributed by atoms with Crippen LogP contribution in [0.1, 0.15) is 44.0 Å². The predicted molar refractivity (Wildman–Crippen MR) is 89.4 cm³/mol. The third-order valence-electron chi connectivity index (χ3n) is 3.90. The summed E-state index contributed by atoms with van der Waals surface area (Å²) in [7, 11) is 2.04. The molecule has 1 saturated heterocycles. The molecule has 1 fully saturated rings. The van der Waals surface area contributed by atoms with E-state index in [-0.39, 0.29) is 11.3 Å². The number of benzene rings is 1. The molecule has 24 heavy (non-hydrogen) atoms. The second-order valence-corrected chi connectivity index (χ2v) is 7.03. The summed E-state index contributed by atoms with van der Waals surface area (Å²) in [5.41, 5.74) is -1.09. The zero-order valence-electron chi connectivity index (χ0n) is 14.6. The normalized spacial score (nSPS) is 18.4. The van der Waals surface area contributed by atoms with Crippen molar-refractivity contribution in [3.05, 3.63) is 33.9 Å². The van der Waals surface area contributed by atoms with E-state index in [1.807, 2.05) is 7.05 Å². The van der Waals surface area contributed by atoms with Gasteiger partial charge in [-0.05, 0) is 59.3 Å². The average molecular weight is 336 g/mol. The van der Waals surface area contributed by atoms with E-state index in [9.17, 15) is 14.9 Å². The molecular weight excluding hydrogens is 312 g/mol. The number of rotatable bonds is 5. The van der Waals surface area contributed by atoms with Crippen LogP contribution in [0.5, 0.6) is 5.75 Å². The van der Waals surface area contributed by atoms with Crippen LogP contribution in [-0.2, 0) is 4.74 Å². The van der Waals surface area contributed by atoms with Gasteiger partial charge < -0.3 is 14.4 Å². The lowest BCUT2D eigenvalue weighted by atomic mass is 10.1. The zero-order chi connectivity index (χ0) is 17.9. The Labute approximate surface area is 141 Å². The number of hydrogen-bond donors (Lipinski definition) is 0. The highest BCUT2D eigenvalue weighted by Crippen LogP contribution is 2.27. The highest BCUT2D eigenvalue weighted by molar-refractivity contribution is 5.94. The summed E-state index contributed by atoms with van der Waals surface area (Å²) < 4.78 is 10.9. The first kappa shape index (κ1) is 18.2. The fraction of sp³-hybridized carbons (Fsp3) is 0.588. The number of carbonyl (C=O) groups is 1. The number of nitro benzene ring substituents is 1. The van der Waals surface area contributed by atoms with E-state index in [1.165, 1.54) is 12.1 Å². The molecule has 132 valence electrons. The third kappa shape index (κ3) is 4.67. The van der Waals surface area contributed by atoms with Crippen LogP contribution >= 0.6 is 0 Å². The molecule has 0 saturated carbocycles. The van der Waals surface area contributed by atoms with Crippen LogP contribution < -0.4 is 4.74 Å². The topological polar surface area (TPSA) is 81.9 Å². The molecule has 0 radical (unpaired) electrons. The molecule has 1 aromatic rings. The smallest absolute Gasteiger partial charge is 0.345 e. The number of carbonyl (C=O) groups excluding carboxylic acids is 1. The van der Waals surface area contributed by atoms with Gasteiger partial charge in [0.25, 0.3) is 5.69 Å². The Balaban J connectivity index is 2.14. The van der Waals surface area contributed by atoms with Gasteiger partial charge in [0.15, 0.2) is 0 Å². The maximum absolute atomic E-state index is 12.1. The van der Waals surface area contributed by atoms with Crippen LogP contribution in [0.4, 0.5) is 5.69 Å². The van der Waals surface area contributed by atoms with Crippen LogP contribution in [-0.4, -0.2) is 47.6 Å². The SMILES string of the molecule is CN1CCC[C@H]1COc1ccc(C(=O)OC(C)(C)C)c([N+](=O)[O-])c1. The first-order valence-corrected chi connectivity index (χ1v) is 8.02. The van der Waals surface area contributed by atoms with Gasteiger partial charge in [-0.25, -0.2) is 4.79 Å². The van der Waals surface area contributed by atoms with Crippen molar-refractivity contribution in [2.45, 2.75) is 45.3 Å². The molecule has 0 unspecified atom stereocenters. The molecule has 1 heterocycles. The number of nitro groups is 1. The van der Waals surface area contributed by atoms with Gasteiger partial charge >= 0.3 is 5.97 Å². The number of ether oxygens (including phenoxy) is 2. The van der Waals surface area contributed by atoms with E-state index in [0.717, 1.165) is 19.4 Å². The van der Waals surface area contributed by atoms with Gasteiger partial charge in [-0.3, -0.25) is 10.1 Å². The summed E-state index contributed by atoms with van der Waals surface area (Å²) >= 11 is 0. The largest absolute Gasteiger partial charge is 0.492 e. The summed E-state index contributed by atoms with van der Waals surface area (Å²) in [4.78, 5) is 25.0. The van der Waals surface area contributed by atoms with Crippen molar-refractivity contribution in [2.75, 3.05) is 20.2 Å². The van der Waals surface area contributed by atoms with Crippen molar-refractivity contribution in [3.63, 3.8) is 0 Å². The minimum absolute atomic E-state index is 0.0692. The van der Waals surface area contributed by atoms with E-state index >= 15 is 0 Å². The molecule has 7 nitrogen and oxygen atoms in total. The minimum Gasteiger partial charge on any atom is -0.492 e. The summed E-state index contributed by atoms with van der Waals surface area (Å²) in [5, 5.41) is 11.3. The Kier molecular flexibility index (Phi) is 5.43. The van der Waals surface area contributed by atoms with Crippen LogP contribution in [0.2, 0.25) is 0 Å². The number of likely N-dealkylation sites (N-methyl/N-ethyl adjacent to an activating group) is 1. The average Bonchev–Trinajstić information content (AvgIpc) is 2.88. The first-order valence-electron chi connectivity index (χ1n) is 8.02. The van der Waals surface area contributed by atoms with Crippen molar-refractivity contribution in [1.82, 2.24) is 4.90 Å². The molecule has 0 bridgehead atoms. The van der Waals surface area contributed by atoms with E-state index < -0.39 is 16.5 Å². The quantitative estimate of drug-likeness (QED) is 0.467. The molecule has 1 aromatic carbocycles. The zero-order valence-corrected chi connectivity index (χ0v) is 14.6. The van der Waals surface area contributed by atoms with Gasteiger partial charge in [0.2, 0.25) is 0 Å². The lowest BCUT2D eigenvalue weighted by molar-refractivity contribution is -0.385. The summed E-state index contributed by atoms with van der Waals surface area (Å²) in [6.07, 6.45) is 2.18. The van der Waals surface area contributed by atoms with Gasteiger partial charge in [-0.2, -0.15) is 0 Å². The summed E-state index contributed by atoms with van der Waals surface area (Å²) in [6, 6.07) is 4.56. The van der Waals surface area contributed by atoms with Crippen LogP contribution in [0.15, 0.2) is 18.2 Å². The van der Waals surface area contributed by atoms with Crippen molar-refractivity contribution in [1.29, 1.82) is 0 Å². The first-order chi connectivity index (χ1) is 11.2. The number of likely N-dealkylation sites (tertiary alicyclic amines) is 1. The van der Waals surface area contributed by atoms with Gasteiger partial charge in [-0.15, -0.1) is 0 Å². The minimum atomic E-state index is -0.715. The molecule has 2 rings (SSSR count). The van der Waals surface area contributed by atoms with Crippen LogP contribution in [0, 0.1) is 10.1 Å². The molecule has 0 N–H and O–H groups in total. The van der Waals surface area contributed by atoms with E-state index in [2.05, 4.69) is 4.90 Å². The lowest BCUT2D eigenvalue weighted by Crippen LogP contribution is -2.30. The fourth-order valence-electron chi connectivity index (χ4n) is 2.64. The Morgan fingerprint density at radius 1 is 1.42 bits per heavy atom. The second-order valence-electron chi connectivity index (χ2n) is 7.03. The molecule has 1 aliphatic rings. The summed E-state index contributed by atoms with van der Waals surface area (Å²) in [6.45, 7) is 6.65.